The smallest absolute Gasteiger partial charge is 0.240 e. The maximum absolute atomic E-state index is 12.3. The lowest BCUT2D eigenvalue weighted by Crippen LogP contribution is -2.51. The second-order valence-electron chi connectivity index (χ2n) is 5.57. The van der Waals surface area contributed by atoms with Crippen molar-refractivity contribution >= 4 is 42.5 Å². The topological polar surface area (TPSA) is 35.6 Å². The Balaban J connectivity index is 0.000001000. The van der Waals surface area contributed by atoms with Crippen molar-refractivity contribution in [3.63, 3.8) is 0 Å². The molecule has 1 atom stereocenters. The van der Waals surface area contributed by atoms with Crippen molar-refractivity contribution in [3.8, 4) is 0 Å². The Labute approximate surface area is 138 Å². The fraction of sp³-hybridized carbons (Fsp3) is 0.923. The van der Waals surface area contributed by atoms with E-state index in [0.29, 0.717) is 5.91 Å². The summed E-state index contributed by atoms with van der Waals surface area (Å²) < 4.78 is 0. The highest BCUT2D eigenvalue weighted by molar-refractivity contribution is 7.99. The Morgan fingerprint density at radius 2 is 1.70 bits per heavy atom. The first-order valence-electron chi connectivity index (χ1n) is 7.18. The van der Waals surface area contributed by atoms with Crippen LogP contribution >= 0.6 is 36.6 Å². The molecule has 4 nitrogen and oxygen atoms in total. The maximum atomic E-state index is 12.3. The first-order valence-corrected chi connectivity index (χ1v) is 8.34. The molecule has 3 heterocycles. The Bertz CT molecular complexity index is 302. The van der Waals surface area contributed by atoms with Gasteiger partial charge in [-0.3, -0.25) is 10.1 Å². The van der Waals surface area contributed by atoms with Crippen molar-refractivity contribution in [2.24, 2.45) is 0 Å². The fourth-order valence-electron chi connectivity index (χ4n) is 3.33. The van der Waals surface area contributed by atoms with Crippen molar-refractivity contribution in [2.45, 2.75) is 37.8 Å². The lowest BCUT2D eigenvalue weighted by Gasteiger charge is -2.37. The van der Waals surface area contributed by atoms with E-state index in [1.165, 1.54) is 38.8 Å². The van der Waals surface area contributed by atoms with E-state index in [9.17, 15) is 4.79 Å². The second-order valence-corrected chi connectivity index (χ2v) is 6.60. The molecule has 1 amide bonds. The van der Waals surface area contributed by atoms with Crippen LogP contribution in [0, 0.1) is 0 Å². The quantitative estimate of drug-likeness (QED) is 0.827. The number of hydrogen-bond acceptors (Lipinski definition) is 4. The number of carbonyl (C=O) groups excluding carboxylic acids is 1. The van der Waals surface area contributed by atoms with Crippen molar-refractivity contribution in [1.29, 1.82) is 0 Å². The third-order valence-corrected chi connectivity index (χ3v) is 5.39. The van der Waals surface area contributed by atoms with Crippen LogP contribution < -0.4 is 5.32 Å². The van der Waals surface area contributed by atoms with Gasteiger partial charge < -0.3 is 9.80 Å². The third kappa shape index (κ3) is 4.17. The summed E-state index contributed by atoms with van der Waals surface area (Å²) in [5, 5.41) is 3.28. The SMILES string of the molecule is Cl.Cl.O=C(C1CSCN1)N1CCC(N2CCCC2)CC1. The van der Waals surface area contributed by atoms with E-state index < -0.39 is 0 Å². The maximum Gasteiger partial charge on any atom is 0.240 e. The van der Waals surface area contributed by atoms with Gasteiger partial charge in [0.05, 0.1) is 6.04 Å². The van der Waals surface area contributed by atoms with Gasteiger partial charge in [-0.2, -0.15) is 0 Å². The zero-order valence-electron chi connectivity index (χ0n) is 11.8. The van der Waals surface area contributed by atoms with Gasteiger partial charge in [0.2, 0.25) is 5.91 Å². The predicted octanol–water partition coefficient (Wildman–Crippen LogP) is 1.58. The minimum atomic E-state index is 0. The lowest BCUT2D eigenvalue weighted by atomic mass is 10.0. The van der Waals surface area contributed by atoms with E-state index >= 15 is 0 Å². The molecule has 0 spiro atoms. The molecule has 3 saturated heterocycles. The van der Waals surface area contributed by atoms with Crippen LogP contribution in [0.25, 0.3) is 0 Å². The first-order chi connectivity index (χ1) is 8.84. The largest absolute Gasteiger partial charge is 0.341 e. The minimum Gasteiger partial charge on any atom is -0.341 e. The summed E-state index contributed by atoms with van der Waals surface area (Å²) in [7, 11) is 0. The molecule has 0 aliphatic carbocycles. The van der Waals surface area contributed by atoms with Gasteiger partial charge in [0.15, 0.2) is 0 Å². The van der Waals surface area contributed by atoms with Crippen LogP contribution in [-0.4, -0.2) is 65.6 Å². The van der Waals surface area contributed by atoms with Gasteiger partial charge >= 0.3 is 0 Å². The normalized spacial score (nSPS) is 28.0. The van der Waals surface area contributed by atoms with E-state index in [1.807, 2.05) is 11.8 Å². The molecule has 7 heteroatoms. The molecular weight excluding hydrogens is 317 g/mol. The zero-order valence-corrected chi connectivity index (χ0v) is 14.2. The summed E-state index contributed by atoms with van der Waals surface area (Å²) in [6.07, 6.45) is 5.07. The summed E-state index contributed by atoms with van der Waals surface area (Å²) in [5.41, 5.74) is 0. The van der Waals surface area contributed by atoms with Gasteiger partial charge in [0.1, 0.15) is 0 Å². The Kier molecular flexibility index (Phi) is 7.98. The lowest BCUT2D eigenvalue weighted by molar-refractivity contribution is -0.134. The summed E-state index contributed by atoms with van der Waals surface area (Å²) in [4.78, 5) is 17.0. The van der Waals surface area contributed by atoms with Gasteiger partial charge in [-0.15, -0.1) is 36.6 Å². The number of rotatable bonds is 2. The van der Waals surface area contributed by atoms with Gasteiger partial charge in [0.25, 0.3) is 0 Å². The molecule has 3 rings (SSSR count). The van der Waals surface area contributed by atoms with Crippen LogP contribution in [0.3, 0.4) is 0 Å². The van der Waals surface area contributed by atoms with Crippen molar-refractivity contribution in [1.82, 2.24) is 15.1 Å². The number of likely N-dealkylation sites (tertiary alicyclic amines) is 2. The standard InChI is InChI=1S/C13H23N3OS.2ClH/c17-13(12-9-18-10-14-12)16-7-3-11(4-8-16)15-5-1-2-6-15;;/h11-12,14H,1-10H2;2*1H. The van der Waals surface area contributed by atoms with Gasteiger partial charge in [-0.25, -0.2) is 0 Å². The average Bonchev–Trinajstić information content (AvgIpc) is 3.11. The highest BCUT2D eigenvalue weighted by Gasteiger charge is 2.32. The number of carbonyl (C=O) groups is 1. The van der Waals surface area contributed by atoms with Crippen LogP contribution in [0.15, 0.2) is 0 Å². The molecule has 3 aliphatic heterocycles. The molecule has 3 fully saturated rings. The summed E-state index contributed by atoms with van der Waals surface area (Å²) in [6.45, 7) is 4.48. The predicted molar refractivity (Wildman–Crippen MR) is 89.2 cm³/mol. The number of nitrogens with one attached hydrogen (secondary N) is 1. The molecular formula is C13H25Cl2N3OS. The number of hydrogen-bond donors (Lipinski definition) is 1. The third-order valence-electron chi connectivity index (χ3n) is 4.45. The zero-order chi connectivity index (χ0) is 12.4. The minimum absolute atomic E-state index is 0. The number of amides is 1. The Morgan fingerprint density at radius 1 is 1.05 bits per heavy atom. The fourth-order valence-corrected chi connectivity index (χ4v) is 4.27. The number of nitrogens with zero attached hydrogens (tertiary/aromatic N) is 2. The first kappa shape index (κ1) is 18.4. The number of halogens is 2. The van der Waals surface area contributed by atoms with Gasteiger partial charge in [-0.1, -0.05) is 0 Å². The average molecular weight is 342 g/mol. The van der Waals surface area contributed by atoms with Gasteiger partial charge in [0, 0.05) is 30.8 Å². The van der Waals surface area contributed by atoms with E-state index in [2.05, 4.69) is 15.1 Å². The molecule has 0 aromatic carbocycles. The molecule has 20 heavy (non-hydrogen) atoms. The van der Waals surface area contributed by atoms with E-state index in [4.69, 9.17) is 0 Å². The number of thioether (sulfide) groups is 1. The number of piperidine rings is 1. The molecule has 3 aliphatic rings. The van der Waals surface area contributed by atoms with Crippen molar-refractivity contribution < 1.29 is 4.79 Å². The molecule has 0 radical (unpaired) electrons. The molecule has 1 unspecified atom stereocenters. The van der Waals surface area contributed by atoms with Crippen LogP contribution in [0.4, 0.5) is 0 Å². The molecule has 1 N–H and O–H groups in total. The molecule has 0 aromatic heterocycles. The second kappa shape index (κ2) is 8.69. The van der Waals surface area contributed by atoms with E-state index in [1.54, 1.807) is 0 Å². The monoisotopic (exact) mass is 341 g/mol. The summed E-state index contributed by atoms with van der Waals surface area (Å²) >= 11 is 1.83. The highest BCUT2D eigenvalue weighted by atomic mass is 35.5. The Hall–Kier alpha value is 0.320. The molecule has 0 bridgehead atoms. The highest BCUT2D eigenvalue weighted by Crippen LogP contribution is 2.22. The van der Waals surface area contributed by atoms with Gasteiger partial charge in [-0.05, 0) is 38.8 Å². The van der Waals surface area contributed by atoms with Crippen molar-refractivity contribution in [3.05, 3.63) is 0 Å². The Morgan fingerprint density at radius 3 is 2.25 bits per heavy atom. The van der Waals surface area contributed by atoms with E-state index in [0.717, 1.165) is 30.8 Å². The molecule has 118 valence electrons. The molecule has 0 saturated carbocycles. The van der Waals surface area contributed by atoms with Crippen LogP contribution in [0.1, 0.15) is 25.7 Å². The van der Waals surface area contributed by atoms with Crippen LogP contribution in [0.2, 0.25) is 0 Å². The summed E-state index contributed by atoms with van der Waals surface area (Å²) in [6, 6.07) is 0.820. The molecule has 0 aromatic rings. The van der Waals surface area contributed by atoms with Crippen LogP contribution in [-0.2, 0) is 4.79 Å². The van der Waals surface area contributed by atoms with E-state index in [-0.39, 0.29) is 30.9 Å². The van der Waals surface area contributed by atoms with Crippen molar-refractivity contribution in [2.75, 3.05) is 37.8 Å². The van der Waals surface area contributed by atoms with Crippen LogP contribution in [0.5, 0.6) is 0 Å². The summed E-state index contributed by atoms with van der Waals surface area (Å²) in [5.74, 6) is 2.21.